The van der Waals surface area contributed by atoms with Crippen LogP contribution < -0.4 is 0 Å². The highest BCUT2D eigenvalue weighted by molar-refractivity contribution is 7.10. The van der Waals surface area contributed by atoms with E-state index in [0.29, 0.717) is 5.92 Å². The third kappa shape index (κ3) is 2.61. The van der Waals surface area contributed by atoms with Gasteiger partial charge in [-0.15, -0.1) is 11.3 Å². The van der Waals surface area contributed by atoms with Gasteiger partial charge in [0, 0.05) is 0 Å². The lowest BCUT2D eigenvalue weighted by Crippen LogP contribution is -2.11. The second-order valence-corrected chi connectivity index (χ2v) is 6.08. The molecular formula is C13H19ClOS. The molecule has 1 N–H and O–H groups in total. The zero-order valence-electron chi connectivity index (χ0n) is 9.71. The van der Waals surface area contributed by atoms with Crippen molar-refractivity contribution in [1.82, 2.24) is 0 Å². The summed E-state index contributed by atoms with van der Waals surface area (Å²) in [6, 6.07) is 0. The quantitative estimate of drug-likeness (QED) is 0.762. The highest BCUT2D eigenvalue weighted by atomic mass is 35.5. The van der Waals surface area contributed by atoms with Gasteiger partial charge in [-0.25, -0.2) is 0 Å². The van der Waals surface area contributed by atoms with Crippen molar-refractivity contribution in [2.24, 2.45) is 5.92 Å². The summed E-state index contributed by atoms with van der Waals surface area (Å²) in [6.45, 7) is 2.00. The summed E-state index contributed by atoms with van der Waals surface area (Å²) in [5.41, 5.74) is 1.09. The van der Waals surface area contributed by atoms with Crippen LogP contribution in [0.1, 0.15) is 55.1 Å². The van der Waals surface area contributed by atoms with E-state index in [9.17, 15) is 5.11 Å². The smallest absolute Gasteiger partial charge is 0.0925 e. The summed E-state index contributed by atoms with van der Waals surface area (Å²) in [6.07, 6.45) is 7.10. The Kier molecular flexibility index (Phi) is 4.28. The first-order valence-electron chi connectivity index (χ1n) is 6.11. The highest BCUT2D eigenvalue weighted by Crippen LogP contribution is 2.40. The predicted octanol–water partition coefficient (Wildman–Crippen LogP) is 4.71. The largest absolute Gasteiger partial charge is 0.387 e. The van der Waals surface area contributed by atoms with Crippen molar-refractivity contribution in [1.29, 1.82) is 0 Å². The lowest BCUT2D eigenvalue weighted by Gasteiger charge is -2.20. The molecule has 1 nitrogen and oxygen atoms in total. The van der Waals surface area contributed by atoms with E-state index in [1.807, 2.05) is 12.3 Å². The van der Waals surface area contributed by atoms with E-state index in [-0.39, 0.29) is 6.10 Å². The lowest BCUT2D eigenvalue weighted by atomic mass is 9.93. The molecule has 0 aliphatic heterocycles. The maximum Gasteiger partial charge on any atom is 0.0925 e. The zero-order valence-corrected chi connectivity index (χ0v) is 11.3. The van der Waals surface area contributed by atoms with Crippen LogP contribution in [-0.2, 0) is 0 Å². The predicted molar refractivity (Wildman–Crippen MR) is 70.2 cm³/mol. The Morgan fingerprint density at radius 3 is 2.44 bits per heavy atom. The fraction of sp³-hybridized carbons (Fsp3) is 0.692. The van der Waals surface area contributed by atoms with Crippen LogP contribution in [0.25, 0.3) is 0 Å². The van der Waals surface area contributed by atoms with Crippen LogP contribution in [-0.4, -0.2) is 5.11 Å². The van der Waals surface area contributed by atoms with Crippen LogP contribution in [0, 0.1) is 12.8 Å². The average Bonchev–Trinajstić information content (AvgIpc) is 2.53. The highest BCUT2D eigenvalue weighted by Gasteiger charge is 2.25. The number of thiophene rings is 1. The Morgan fingerprint density at radius 2 is 1.94 bits per heavy atom. The molecule has 1 unspecified atom stereocenters. The molecule has 1 aromatic rings. The van der Waals surface area contributed by atoms with Gasteiger partial charge in [-0.05, 0) is 36.6 Å². The minimum atomic E-state index is -0.343. The van der Waals surface area contributed by atoms with Crippen LogP contribution >= 0.6 is 22.9 Å². The number of hydrogen-bond donors (Lipinski definition) is 1. The van der Waals surface area contributed by atoms with Gasteiger partial charge in [-0.2, -0.15) is 0 Å². The Morgan fingerprint density at radius 1 is 1.31 bits per heavy atom. The second kappa shape index (κ2) is 5.52. The summed E-state index contributed by atoms with van der Waals surface area (Å²) in [5, 5.41) is 13.2. The number of rotatable bonds is 2. The van der Waals surface area contributed by atoms with Crippen molar-refractivity contribution in [3.05, 3.63) is 20.8 Å². The van der Waals surface area contributed by atoms with Gasteiger partial charge < -0.3 is 5.11 Å². The fourth-order valence-electron chi connectivity index (χ4n) is 2.49. The van der Waals surface area contributed by atoms with E-state index in [0.717, 1.165) is 28.3 Å². The van der Waals surface area contributed by atoms with Gasteiger partial charge in [0.15, 0.2) is 0 Å². The van der Waals surface area contributed by atoms with Crippen LogP contribution in [0.15, 0.2) is 5.38 Å². The fourth-order valence-corrected chi connectivity index (χ4v) is 3.87. The maximum atomic E-state index is 10.4. The number of aryl methyl sites for hydroxylation is 1. The Balaban J connectivity index is 2.11. The molecule has 1 fully saturated rings. The van der Waals surface area contributed by atoms with Crippen molar-refractivity contribution in [2.45, 2.75) is 51.6 Å². The van der Waals surface area contributed by atoms with Gasteiger partial charge in [-0.1, -0.05) is 37.3 Å². The normalized spacial score (nSPS) is 20.7. The molecular weight excluding hydrogens is 240 g/mol. The molecule has 1 aliphatic rings. The monoisotopic (exact) mass is 258 g/mol. The number of aliphatic hydroxyl groups is 1. The van der Waals surface area contributed by atoms with E-state index in [2.05, 4.69) is 0 Å². The Bertz CT molecular complexity index is 340. The number of halogens is 1. The third-order valence-corrected chi connectivity index (χ3v) is 5.32. The number of aliphatic hydroxyl groups excluding tert-OH is 1. The topological polar surface area (TPSA) is 20.2 Å². The van der Waals surface area contributed by atoms with Gasteiger partial charge in [0.05, 0.1) is 16.0 Å². The van der Waals surface area contributed by atoms with Gasteiger partial charge in [-0.3, -0.25) is 0 Å². The first-order chi connectivity index (χ1) is 7.70. The van der Waals surface area contributed by atoms with Crippen molar-refractivity contribution in [3.63, 3.8) is 0 Å². The van der Waals surface area contributed by atoms with Gasteiger partial charge >= 0.3 is 0 Å². The summed E-state index contributed by atoms with van der Waals surface area (Å²) in [4.78, 5) is 0.978. The molecule has 0 aromatic carbocycles. The number of hydrogen-bond acceptors (Lipinski definition) is 2. The molecule has 0 spiro atoms. The Hall–Kier alpha value is -0.0500. The third-order valence-electron chi connectivity index (χ3n) is 3.54. The summed E-state index contributed by atoms with van der Waals surface area (Å²) in [5.74, 6) is 0.415. The minimum absolute atomic E-state index is 0.343. The molecule has 1 atom stereocenters. The van der Waals surface area contributed by atoms with Crippen molar-refractivity contribution in [3.8, 4) is 0 Å². The molecule has 1 aliphatic carbocycles. The molecule has 0 radical (unpaired) electrons. The summed E-state index contributed by atoms with van der Waals surface area (Å²) >= 11 is 7.82. The molecule has 2 rings (SSSR count). The van der Waals surface area contributed by atoms with Crippen LogP contribution in [0.5, 0.6) is 0 Å². The van der Waals surface area contributed by atoms with Crippen molar-refractivity contribution >= 4 is 22.9 Å². The molecule has 90 valence electrons. The van der Waals surface area contributed by atoms with E-state index >= 15 is 0 Å². The molecule has 0 saturated heterocycles. The van der Waals surface area contributed by atoms with E-state index in [1.165, 1.54) is 25.7 Å². The Labute approximate surface area is 106 Å². The molecule has 1 aromatic heterocycles. The van der Waals surface area contributed by atoms with E-state index in [4.69, 9.17) is 11.6 Å². The zero-order chi connectivity index (χ0) is 11.5. The van der Waals surface area contributed by atoms with Crippen molar-refractivity contribution < 1.29 is 5.11 Å². The van der Waals surface area contributed by atoms with Gasteiger partial charge in [0.1, 0.15) is 0 Å². The molecule has 16 heavy (non-hydrogen) atoms. The van der Waals surface area contributed by atoms with Crippen molar-refractivity contribution in [2.75, 3.05) is 0 Å². The van der Waals surface area contributed by atoms with Gasteiger partial charge in [0.25, 0.3) is 0 Å². The first kappa shape index (κ1) is 12.4. The molecule has 3 heteroatoms. The lowest BCUT2D eigenvalue weighted by molar-refractivity contribution is 0.102. The first-order valence-corrected chi connectivity index (χ1v) is 7.37. The van der Waals surface area contributed by atoms with E-state index < -0.39 is 0 Å². The molecule has 0 amide bonds. The van der Waals surface area contributed by atoms with Crippen LogP contribution in [0.3, 0.4) is 0 Å². The SMILES string of the molecule is Cc1csc(C(O)C2CCCCCC2)c1Cl. The molecule has 0 bridgehead atoms. The standard InChI is InChI=1S/C13H19ClOS/c1-9-8-16-13(11(9)14)12(15)10-6-4-2-3-5-7-10/h8,10,12,15H,2-7H2,1H3. The second-order valence-electron chi connectivity index (χ2n) is 4.79. The maximum absolute atomic E-state index is 10.4. The van der Waals surface area contributed by atoms with E-state index in [1.54, 1.807) is 11.3 Å². The summed E-state index contributed by atoms with van der Waals surface area (Å²) in [7, 11) is 0. The molecule has 1 saturated carbocycles. The average molecular weight is 259 g/mol. The van der Waals surface area contributed by atoms with Crippen LogP contribution in [0.4, 0.5) is 0 Å². The minimum Gasteiger partial charge on any atom is -0.387 e. The van der Waals surface area contributed by atoms with Crippen LogP contribution in [0.2, 0.25) is 5.02 Å². The summed E-state index contributed by atoms with van der Waals surface area (Å²) < 4.78 is 0. The molecule has 1 heterocycles. The van der Waals surface area contributed by atoms with Gasteiger partial charge in [0.2, 0.25) is 0 Å².